The van der Waals surface area contributed by atoms with Crippen molar-refractivity contribution in [2.45, 2.75) is 6.92 Å². The van der Waals surface area contributed by atoms with E-state index in [1.165, 1.54) is 17.0 Å². The van der Waals surface area contributed by atoms with Gasteiger partial charge in [0.2, 0.25) is 0 Å². The van der Waals surface area contributed by atoms with Gasteiger partial charge in [-0.25, -0.2) is 9.48 Å². The first-order valence-electron chi connectivity index (χ1n) is 5.48. The minimum atomic E-state index is -0.506. The molecule has 2 rings (SSSR count). The molecule has 1 aromatic heterocycles. The number of rotatable bonds is 4. The summed E-state index contributed by atoms with van der Waals surface area (Å²) in [5.74, 6) is -0.506. The van der Waals surface area contributed by atoms with E-state index in [4.69, 9.17) is 4.74 Å². The zero-order valence-corrected chi connectivity index (χ0v) is 10.0. The standard InChI is InChI=1S/C13H13N3O2/c1-3-8-18-13(17)12-9-16(15-14-12)11-6-4-10(2)5-7-11/h3-7,9H,1,8H2,2H3. The summed E-state index contributed by atoms with van der Waals surface area (Å²) in [6, 6.07) is 7.74. The lowest BCUT2D eigenvalue weighted by molar-refractivity contribution is 0.0543. The van der Waals surface area contributed by atoms with E-state index >= 15 is 0 Å². The van der Waals surface area contributed by atoms with Gasteiger partial charge >= 0.3 is 5.97 Å². The van der Waals surface area contributed by atoms with Gasteiger partial charge in [-0.1, -0.05) is 35.6 Å². The number of esters is 1. The van der Waals surface area contributed by atoms with Gasteiger partial charge in [0.15, 0.2) is 5.69 Å². The Bertz CT molecular complexity index is 558. The fourth-order valence-corrected chi connectivity index (χ4v) is 1.39. The summed E-state index contributed by atoms with van der Waals surface area (Å²) in [4.78, 5) is 11.5. The van der Waals surface area contributed by atoms with Crippen molar-refractivity contribution in [1.82, 2.24) is 15.0 Å². The molecule has 0 atom stereocenters. The summed E-state index contributed by atoms with van der Waals surface area (Å²) < 4.78 is 6.40. The van der Waals surface area contributed by atoms with Gasteiger partial charge in [0.05, 0.1) is 11.9 Å². The quantitative estimate of drug-likeness (QED) is 0.608. The maximum Gasteiger partial charge on any atom is 0.360 e. The molecule has 0 N–H and O–H groups in total. The fourth-order valence-electron chi connectivity index (χ4n) is 1.39. The molecule has 0 aliphatic rings. The Morgan fingerprint density at radius 2 is 2.17 bits per heavy atom. The van der Waals surface area contributed by atoms with Gasteiger partial charge in [-0.05, 0) is 19.1 Å². The molecule has 0 bridgehead atoms. The lowest BCUT2D eigenvalue weighted by Crippen LogP contribution is -2.05. The number of carbonyl (C=O) groups excluding carboxylic acids is 1. The van der Waals surface area contributed by atoms with E-state index in [-0.39, 0.29) is 12.3 Å². The van der Waals surface area contributed by atoms with E-state index in [1.54, 1.807) is 0 Å². The second kappa shape index (κ2) is 5.27. The van der Waals surface area contributed by atoms with Gasteiger partial charge in [0, 0.05) is 0 Å². The van der Waals surface area contributed by atoms with E-state index in [0.29, 0.717) is 0 Å². The highest BCUT2D eigenvalue weighted by atomic mass is 16.5. The van der Waals surface area contributed by atoms with Gasteiger partial charge in [0.25, 0.3) is 0 Å². The molecule has 0 fully saturated rings. The number of hydrogen-bond acceptors (Lipinski definition) is 4. The molecule has 1 aromatic carbocycles. The molecule has 0 saturated carbocycles. The monoisotopic (exact) mass is 243 g/mol. The van der Waals surface area contributed by atoms with Crippen LogP contribution in [0.5, 0.6) is 0 Å². The van der Waals surface area contributed by atoms with E-state index in [0.717, 1.165) is 11.3 Å². The van der Waals surface area contributed by atoms with Crippen LogP contribution in [0.1, 0.15) is 16.1 Å². The molecule has 0 amide bonds. The second-order valence-electron chi connectivity index (χ2n) is 3.77. The number of nitrogens with zero attached hydrogens (tertiary/aromatic N) is 3. The number of carbonyl (C=O) groups is 1. The molecule has 5 nitrogen and oxygen atoms in total. The summed E-state index contributed by atoms with van der Waals surface area (Å²) >= 11 is 0. The minimum absolute atomic E-state index is 0.163. The van der Waals surface area contributed by atoms with Crippen LogP contribution in [0.3, 0.4) is 0 Å². The van der Waals surface area contributed by atoms with Crippen molar-refractivity contribution in [2.75, 3.05) is 6.61 Å². The van der Waals surface area contributed by atoms with Crippen molar-refractivity contribution >= 4 is 5.97 Å². The van der Waals surface area contributed by atoms with E-state index < -0.39 is 5.97 Å². The van der Waals surface area contributed by atoms with Crippen molar-refractivity contribution < 1.29 is 9.53 Å². The third-order valence-electron chi connectivity index (χ3n) is 2.33. The van der Waals surface area contributed by atoms with Gasteiger partial charge in [-0.15, -0.1) is 5.10 Å². The molecule has 0 saturated heterocycles. The summed E-state index contributed by atoms with van der Waals surface area (Å²) in [7, 11) is 0. The first-order valence-corrected chi connectivity index (χ1v) is 5.48. The molecule has 5 heteroatoms. The smallest absolute Gasteiger partial charge is 0.360 e. The zero-order chi connectivity index (χ0) is 13.0. The Morgan fingerprint density at radius 3 is 2.83 bits per heavy atom. The second-order valence-corrected chi connectivity index (χ2v) is 3.77. The third kappa shape index (κ3) is 2.63. The molecule has 0 radical (unpaired) electrons. The average molecular weight is 243 g/mol. The predicted molar refractivity (Wildman–Crippen MR) is 66.6 cm³/mol. The Balaban J connectivity index is 2.17. The van der Waals surface area contributed by atoms with E-state index in [9.17, 15) is 4.79 Å². The van der Waals surface area contributed by atoms with Crippen LogP contribution < -0.4 is 0 Å². The van der Waals surface area contributed by atoms with Crippen molar-refractivity contribution in [3.63, 3.8) is 0 Å². The Hall–Kier alpha value is -2.43. The highest BCUT2D eigenvalue weighted by molar-refractivity contribution is 5.86. The van der Waals surface area contributed by atoms with Crippen LogP contribution >= 0.6 is 0 Å². The van der Waals surface area contributed by atoms with E-state index in [2.05, 4.69) is 16.9 Å². The summed E-state index contributed by atoms with van der Waals surface area (Å²) in [5, 5.41) is 7.66. The van der Waals surface area contributed by atoms with Gasteiger partial charge < -0.3 is 4.74 Å². The predicted octanol–water partition coefficient (Wildman–Crippen LogP) is 1.92. The highest BCUT2D eigenvalue weighted by Crippen LogP contribution is 2.08. The number of ether oxygens (including phenoxy) is 1. The number of benzene rings is 1. The van der Waals surface area contributed by atoms with Crippen LogP contribution in [0.4, 0.5) is 0 Å². The minimum Gasteiger partial charge on any atom is -0.457 e. The molecular formula is C13H13N3O2. The normalized spacial score (nSPS) is 10.1. The Kier molecular flexibility index (Phi) is 3.52. The van der Waals surface area contributed by atoms with Gasteiger partial charge in [0.1, 0.15) is 6.61 Å². The molecule has 0 unspecified atom stereocenters. The van der Waals surface area contributed by atoms with Crippen molar-refractivity contribution in [3.05, 3.63) is 54.4 Å². The topological polar surface area (TPSA) is 57.0 Å². The van der Waals surface area contributed by atoms with Crippen LogP contribution in [-0.4, -0.2) is 27.6 Å². The van der Waals surface area contributed by atoms with E-state index in [1.807, 2.05) is 31.2 Å². The van der Waals surface area contributed by atoms with Crippen LogP contribution in [0.25, 0.3) is 5.69 Å². The maximum atomic E-state index is 11.5. The summed E-state index contributed by atoms with van der Waals surface area (Å²) in [6.45, 7) is 5.63. The van der Waals surface area contributed by atoms with Crippen LogP contribution in [-0.2, 0) is 4.74 Å². The SMILES string of the molecule is C=CCOC(=O)c1cn(-c2ccc(C)cc2)nn1. The molecule has 92 valence electrons. The zero-order valence-electron chi connectivity index (χ0n) is 10.0. The van der Waals surface area contributed by atoms with Crippen molar-refractivity contribution in [2.24, 2.45) is 0 Å². The molecule has 18 heavy (non-hydrogen) atoms. The lowest BCUT2D eigenvalue weighted by Gasteiger charge is -1.99. The average Bonchev–Trinajstić information content (AvgIpc) is 2.86. The molecule has 1 heterocycles. The maximum absolute atomic E-state index is 11.5. The van der Waals surface area contributed by atoms with Gasteiger partial charge in [-0.2, -0.15) is 0 Å². The highest BCUT2D eigenvalue weighted by Gasteiger charge is 2.12. The largest absolute Gasteiger partial charge is 0.457 e. The Labute approximate surface area is 105 Å². The third-order valence-corrected chi connectivity index (χ3v) is 2.33. The Morgan fingerprint density at radius 1 is 1.44 bits per heavy atom. The molecule has 0 spiro atoms. The van der Waals surface area contributed by atoms with Crippen LogP contribution in [0, 0.1) is 6.92 Å². The van der Waals surface area contributed by atoms with Crippen LogP contribution in [0.15, 0.2) is 43.1 Å². The number of aryl methyl sites for hydroxylation is 1. The van der Waals surface area contributed by atoms with Crippen molar-refractivity contribution in [1.29, 1.82) is 0 Å². The molecule has 0 aliphatic heterocycles. The summed E-state index contributed by atoms with van der Waals surface area (Å²) in [5.41, 5.74) is 2.18. The lowest BCUT2D eigenvalue weighted by atomic mass is 10.2. The van der Waals surface area contributed by atoms with Crippen LogP contribution in [0.2, 0.25) is 0 Å². The molecule has 0 aliphatic carbocycles. The fraction of sp³-hybridized carbons (Fsp3) is 0.154. The number of aromatic nitrogens is 3. The van der Waals surface area contributed by atoms with Crippen molar-refractivity contribution in [3.8, 4) is 5.69 Å². The number of hydrogen-bond donors (Lipinski definition) is 0. The van der Waals surface area contributed by atoms with Gasteiger partial charge in [-0.3, -0.25) is 0 Å². The molecular weight excluding hydrogens is 230 g/mol. The first-order chi connectivity index (χ1) is 8.70. The summed E-state index contributed by atoms with van der Waals surface area (Å²) in [6.07, 6.45) is 3.04. The molecule has 2 aromatic rings. The first kappa shape index (κ1) is 12.0.